The fraction of sp³-hybridized carbons (Fsp3) is 0.385. The van der Waals surface area contributed by atoms with E-state index in [1.807, 2.05) is 6.07 Å². The van der Waals surface area contributed by atoms with Crippen molar-refractivity contribution in [3.63, 3.8) is 0 Å². The van der Waals surface area contributed by atoms with Crippen molar-refractivity contribution in [2.75, 3.05) is 6.54 Å². The van der Waals surface area contributed by atoms with Crippen LogP contribution in [0.3, 0.4) is 0 Å². The van der Waals surface area contributed by atoms with Crippen LogP contribution in [0.4, 0.5) is 0 Å². The fourth-order valence-corrected chi connectivity index (χ4v) is 3.93. The summed E-state index contributed by atoms with van der Waals surface area (Å²) in [5.74, 6) is 0. The smallest absolute Gasteiger partial charge is 0.211 e. The highest BCUT2D eigenvalue weighted by atomic mass is 32.2. The van der Waals surface area contributed by atoms with Gasteiger partial charge in [0.25, 0.3) is 0 Å². The van der Waals surface area contributed by atoms with Crippen LogP contribution in [0.2, 0.25) is 0 Å². The molecule has 0 saturated carbocycles. The Balaban J connectivity index is 2.43. The summed E-state index contributed by atoms with van der Waals surface area (Å²) in [4.78, 5) is 14.0. The van der Waals surface area contributed by atoms with E-state index >= 15 is 0 Å². The predicted octanol–water partition coefficient (Wildman–Crippen LogP) is 1.31. The summed E-state index contributed by atoms with van der Waals surface area (Å²) in [5, 5.41) is 8.87. The van der Waals surface area contributed by atoms with Crippen molar-refractivity contribution in [3.8, 4) is 6.07 Å². The molecule has 1 fully saturated rings. The number of aliphatic imine (C=N–C) groups is 1. The highest BCUT2D eigenvalue weighted by molar-refractivity contribution is 7.89. The topological polar surface area (TPSA) is 90.6 Å². The average molecular weight is 291 g/mol. The molecule has 1 unspecified atom stereocenters. The first-order valence-electron chi connectivity index (χ1n) is 6.10. The van der Waals surface area contributed by atoms with Crippen LogP contribution < -0.4 is 0 Å². The molecule has 2 rings (SSSR count). The molecule has 0 spiro atoms. The monoisotopic (exact) mass is 291 g/mol. The quantitative estimate of drug-likeness (QED) is 0.620. The lowest BCUT2D eigenvalue weighted by atomic mass is 10.1. The molecule has 0 aliphatic carbocycles. The lowest BCUT2D eigenvalue weighted by Crippen LogP contribution is -2.34. The third-order valence-corrected chi connectivity index (χ3v) is 5.19. The average Bonchev–Trinajstić information content (AvgIpc) is 2.88. The van der Waals surface area contributed by atoms with E-state index < -0.39 is 16.2 Å². The molecule has 1 aromatic carbocycles. The molecule has 0 N–H and O–H groups in total. The second-order valence-corrected chi connectivity index (χ2v) is 6.44. The van der Waals surface area contributed by atoms with Gasteiger partial charge < -0.3 is 0 Å². The molecule has 7 heteroatoms. The number of sulfonamides is 1. The SMILES string of the molecule is Cc1cc(S(=O)(=O)N2CCCC2N=C=O)ccc1C#N. The lowest BCUT2D eigenvalue weighted by molar-refractivity contribution is 0.395. The maximum absolute atomic E-state index is 12.5. The molecule has 0 bridgehead atoms. The molecule has 1 atom stereocenters. The zero-order valence-corrected chi connectivity index (χ0v) is 11.7. The Labute approximate surface area is 117 Å². The van der Waals surface area contributed by atoms with Crippen LogP contribution in [0.5, 0.6) is 0 Å². The molecule has 104 valence electrons. The van der Waals surface area contributed by atoms with E-state index in [9.17, 15) is 13.2 Å². The second kappa shape index (κ2) is 5.55. The molecule has 1 aliphatic rings. The molecule has 6 nitrogen and oxygen atoms in total. The Morgan fingerprint density at radius 2 is 2.20 bits per heavy atom. The number of benzene rings is 1. The van der Waals surface area contributed by atoms with Gasteiger partial charge in [0.1, 0.15) is 6.17 Å². The number of hydrogen-bond acceptors (Lipinski definition) is 5. The second-order valence-electron chi connectivity index (χ2n) is 4.55. The van der Waals surface area contributed by atoms with Crippen molar-refractivity contribution in [2.45, 2.75) is 30.8 Å². The van der Waals surface area contributed by atoms with Crippen LogP contribution in [-0.2, 0) is 14.8 Å². The molecule has 20 heavy (non-hydrogen) atoms. The summed E-state index contributed by atoms with van der Waals surface area (Å²) in [6, 6.07) is 6.35. The van der Waals surface area contributed by atoms with E-state index in [1.165, 1.54) is 28.6 Å². The van der Waals surface area contributed by atoms with E-state index in [2.05, 4.69) is 4.99 Å². The Hall–Kier alpha value is -2.00. The number of nitriles is 1. The minimum absolute atomic E-state index is 0.113. The third kappa shape index (κ3) is 2.49. The van der Waals surface area contributed by atoms with Crippen molar-refractivity contribution in [1.82, 2.24) is 4.31 Å². The van der Waals surface area contributed by atoms with Crippen molar-refractivity contribution in [1.29, 1.82) is 5.26 Å². The Morgan fingerprint density at radius 3 is 2.80 bits per heavy atom. The van der Waals surface area contributed by atoms with Gasteiger partial charge in [0.2, 0.25) is 16.1 Å². The number of rotatable bonds is 3. The van der Waals surface area contributed by atoms with Crippen molar-refractivity contribution in [2.24, 2.45) is 4.99 Å². The zero-order chi connectivity index (χ0) is 14.8. The third-order valence-electron chi connectivity index (χ3n) is 3.30. The first kappa shape index (κ1) is 14.4. The molecule has 0 aromatic heterocycles. The summed E-state index contributed by atoms with van der Waals surface area (Å²) < 4.78 is 26.3. The van der Waals surface area contributed by atoms with Gasteiger partial charge in [-0.2, -0.15) is 14.6 Å². The molecular weight excluding hydrogens is 278 g/mol. The zero-order valence-electron chi connectivity index (χ0n) is 10.9. The number of aryl methyl sites for hydroxylation is 1. The van der Waals surface area contributed by atoms with Crippen LogP contribution in [0.1, 0.15) is 24.0 Å². The van der Waals surface area contributed by atoms with Gasteiger partial charge in [0.05, 0.1) is 16.5 Å². The summed E-state index contributed by atoms with van der Waals surface area (Å²) in [5.41, 5.74) is 1.04. The van der Waals surface area contributed by atoms with E-state index in [-0.39, 0.29) is 4.90 Å². The maximum atomic E-state index is 12.5. The van der Waals surface area contributed by atoms with Gasteiger partial charge in [-0.05, 0) is 43.5 Å². The van der Waals surface area contributed by atoms with Crippen LogP contribution in [0, 0.1) is 18.3 Å². The minimum atomic E-state index is -3.71. The largest absolute Gasteiger partial charge is 0.244 e. The number of hydrogen-bond donors (Lipinski definition) is 0. The molecule has 1 heterocycles. The van der Waals surface area contributed by atoms with Gasteiger partial charge in [-0.3, -0.25) is 0 Å². The molecular formula is C13H13N3O3S. The van der Waals surface area contributed by atoms with Gasteiger partial charge >= 0.3 is 0 Å². The number of carbonyl (C=O) groups excluding carboxylic acids is 1. The van der Waals surface area contributed by atoms with Gasteiger partial charge in [-0.15, -0.1) is 0 Å². The molecule has 0 radical (unpaired) electrons. The first-order chi connectivity index (χ1) is 9.50. The molecule has 1 saturated heterocycles. The van der Waals surface area contributed by atoms with E-state index in [1.54, 1.807) is 6.92 Å². The van der Waals surface area contributed by atoms with Crippen molar-refractivity contribution < 1.29 is 13.2 Å². The minimum Gasteiger partial charge on any atom is -0.211 e. The van der Waals surface area contributed by atoms with E-state index in [0.717, 1.165) is 0 Å². The van der Waals surface area contributed by atoms with Gasteiger partial charge in [-0.1, -0.05) is 0 Å². The van der Waals surface area contributed by atoms with Crippen LogP contribution in [0.15, 0.2) is 28.1 Å². The standard InChI is InChI=1S/C13H13N3O3S/c1-10-7-12(5-4-11(10)8-14)20(18,19)16-6-2-3-13(16)15-9-17/h4-5,7,13H,2-3,6H2,1H3. The van der Waals surface area contributed by atoms with E-state index in [4.69, 9.17) is 5.26 Å². The van der Waals surface area contributed by atoms with Crippen molar-refractivity contribution >= 4 is 16.1 Å². The lowest BCUT2D eigenvalue weighted by Gasteiger charge is -2.20. The van der Waals surface area contributed by atoms with Crippen LogP contribution in [0.25, 0.3) is 0 Å². The summed E-state index contributed by atoms with van der Waals surface area (Å²) in [6.07, 6.45) is 1.92. The highest BCUT2D eigenvalue weighted by Gasteiger charge is 2.35. The molecule has 1 aromatic rings. The van der Waals surface area contributed by atoms with E-state index in [0.29, 0.717) is 30.5 Å². The summed E-state index contributed by atoms with van der Waals surface area (Å²) in [6.45, 7) is 2.01. The van der Waals surface area contributed by atoms with Crippen LogP contribution >= 0.6 is 0 Å². The molecule has 1 aliphatic heterocycles. The summed E-state index contributed by atoms with van der Waals surface area (Å²) in [7, 11) is -3.71. The predicted molar refractivity (Wildman–Crippen MR) is 70.9 cm³/mol. The van der Waals surface area contributed by atoms with Gasteiger partial charge in [0.15, 0.2) is 0 Å². The van der Waals surface area contributed by atoms with Crippen molar-refractivity contribution in [3.05, 3.63) is 29.3 Å². The van der Waals surface area contributed by atoms with Gasteiger partial charge in [0, 0.05) is 6.54 Å². The summed E-state index contributed by atoms with van der Waals surface area (Å²) >= 11 is 0. The first-order valence-corrected chi connectivity index (χ1v) is 7.54. The van der Waals surface area contributed by atoms with Gasteiger partial charge in [-0.25, -0.2) is 13.2 Å². The molecule has 0 amide bonds. The Kier molecular flexibility index (Phi) is 4.00. The maximum Gasteiger partial charge on any atom is 0.244 e. The fourth-order valence-electron chi connectivity index (χ4n) is 2.25. The Morgan fingerprint density at radius 1 is 1.45 bits per heavy atom. The Bertz CT molecular complexity index is 715. The normalized spacial score (nSPS) is 19.3. The number of isocyanates is 1. The highest BCUT2D eigenvalue weighted by Crippen LogP contribution is 2.27. The number of nitrogens with zero attached hydrogens (tertiary/aromatic N) is 3. The van der Waals surface area contributed by atoms with Crippen LogP contribution in [-0.4, -0.2) is 31.5 Å².